The van der Waals surface area contributed by atoms with E-state index >= 15 is 0 Å². The van der Waals surface area contributed by atoms with Crippen LogP contribution in [0, 0.1) is 12.3 Å². The Bertz CT molecular complexity index is 472. The van der Waals surface area contributed by atoms with Gasteiger partial charge in [0.1, 0.15) is 0 Å². The lowest BCUT2D eigenvalue weighted by atomic mass is 9.82. The van der Waals surface area contributed by atoms with E-state index < -0.39 is 0 Å². The summed E-state index contributed by atoms with van der Waals surface area (Å²) in [5, 5.41) is 0. The van der Waals surface area contributed by atoms with Crippen molar-refractivity contribution in [1.82, 2.24) is 4.90 Å². The van der Waals surface area contributed by atoms with E-state index in [2.05, 4.69) is 18.1 Å². The van der Waals surface area contributed by atoms with Gasteiger partial charge in [-0.2, -0.15) is 0 Å². The van der Waals surface area contributed by atoms with Gasteiger partial charge >= 0.3 is 0 Å². The minimum absolute atomic E-state index is 0.00301. The first-order chi connectivity index (χ1) is 8.77. The van der Waals surface area contributed by atoms with Crippen molar-refractivity contribution in [2.45, 2.75) is 32.1 Å². The third-order valence-electron chi connectivity index (χ3n) is 3.64. The molecule has 0 bridgehead atoms. The minimum atomic E-state index is 0.00301. The molecule has 1 atom stereocenters. The standard InChI is InChI=1S/C16H19NO/c1-3-12-17(4-2)16(18)15-11-7-9-13-8-5-6-10-14(13)15/h1,5-6,8,10,15H,4,7,9,11-12H2,2H3. The van der Waals surface area contributed by atoms with Gasteiger partial charge < -0.3 is 4.90 Å². The molecule has 1 amide bonds. The number of terminal acetylenes is 1. The van der Waals surface area contributed by atoms with Crippen LogP contribution in [0.2, 0.25) is 0 Å². The SMILES string of the molecule is C#CCN(CC)C(=O)C1CCCc2ccccc21. The summed E-state index contributed by atoms with van der Waals surface area (Å²) in [6, 6.07) is 8.28. The van der Waals surface area contributed by atoms with E-state index in [-0.39, 0.29) is 11.8 Å². The van der Waals surface area contributed by atoms with Gasteiger partial charge in [0.05, 0.1) is 12.5 Å². The summed E-state index contributed by atoms with van der Waals surface area (Å²) in [4.78, 5) is 14.3. The molecule has 0 spiro atoms. The van der Waals surface area contributed by atoms with Gasteiger partial charge in [-0.1, -0.05) is 30.2 Å². The molecule has 1 aromatic rings. The van der Waals surface area contributed by atoms with Crippen molar-refractivity contribution in [3.05, 3.63) is 35.4 Å². The second-order valence-corrected chi connectivity index (χ2v) is 4.70. The number of carbonyl (C=O) groups is 1. The number of rotatable bonds is 3. The molecule has 18 heavy (non-hydrogen) atoms. The molecule has 0 saturated heterocycles. The monoisotopic (exact) mass is 241 g/mol. The summed E-state index contributed by atoms with van der Waals surface area (Å²) < 4.78 is 0. The van der Waals surface area contributed by atoms with E-state index in [1.54, 1.807) is 4.90 Å². The third-order valence-corrected chi connectivity index (χ3v) is 3.64. The summed E-state index contributed by atoms with van der Waals surface area (Å²) in [6.07, 6.45) is 8.43. The van der Waals surface area contributed by atoms with Crippen LogP contribution in [-0.2, 0) is 11.2 Å². The lowest BCUT2D eigenvalue weighted by molar-refractivity contribution is -0.132. The van der Waals surface area contributed by atoms with Crippen molar-refractivity contribution in [1.29, 1.82) is 0 Å². The van der Waals surface area contributed by atoms with Crippen LogP contribution < -0.4 is 0 Å². The number of carbonyl (C=O) groups excluding carboxylic acids is 1. The molecule has 2 rings (SSSR count). The topological polar surface area (TPSA) is 20.3 Å². The third kappa shape index (κ3) is 2.41. The molecule has 0 fully saturated rings. The number of fused-ring (bicyclic) bond motifs is 1. The Balaban J connectivity index is 2.25. The molecule has 1 aromatic carbocycles. The maximum atomic E-state index is 12.5. The Morgan fingerprint density at radius 2 is 2.28 bits per heavy atom. The van der Waals surface area contributed by atoms with Gasteiger partial charge in [-0.15, -0.1) is 6.42 Å². The zero-order chi connectivity index (χ0) is 13.0. The predicted octanol–water partition coefficient (Wildman–Crippen LogP) is 2.59. The van der Waals surface area contributed by atoms with E-state index in [9.17, 15) is 4.79 Å². The van der Waals surface area contributed by atoms with Gasteiger partial charge in [-0.3, -0.25) is 4.79 Å². The van der Waals surface area contributed by atoms with Crippen LogP contribution in [-0.4, -0.2) is 23.9 Å². The van der Waals surface area contributed by atoms with Gasteiger partial charge in [0.15, 0.2) is 0 Å². The normalized spacial score (nSPS) is 17.7. The van der Waals surface area contributed by atoms with Crippen molar-refractivity contribution in [3.63, 3.8) is 0 Å². The summed E-state index contributed by atoms with van der Waals surface area (Å²) in [5.74, 6) is 2.75. The van der Waals surface area contributed by atoms with E-state index in [0.717, 1.165) is 19.3 Å². The van der Waals surface area contributed by atoms with E-state index in [4.69, 9.17) is 6.42 Å². The fourth-order valence-electron chi connectivity index (χ4n) is 2.69. The largest absolute Gasteiger partial charge is 0.331 e. The van der Waals surface area contributed by atoms with Crippen molar-refractivity contribution < 1.29 is 4.79 Å². The molecule has 0 saturated carbocycles. The number of amides is 1. The molecule has 0 N–H and O–H groups in total. The van der Waals surface area contributed by atoms with E-state index in [1.165, 1.54) is 11.1 Å². The molecule has 2 heteroatoms. The highest BCUT2D eigenvalue weighted by Crippen LogP contribution is 2.32. The van der Waals surface area contributed by atoms with Crippen LogP contribution in [0.3, 0.4) is 0 Å². The summed E-state index contributed by atoms with van der Waals surface area (Å²) in [5.41, 5.74) is 2.52. The maximum Gasteiger partial charge on any atom is 0.230 e. The van der Waals surface area contributed by atoms with Gasteiger partial charge in [0, 0.05) is 6.54 Å². The van der Waals surface area contributed by atoms with Crippen molar-refractivity contribution in [2.24, 2.45) is 0 Å². The van der Waals surface area contributed by atoms with Crippen LogP contribution in [0.1, 0.15) is 36.8 Å². The number of nitrogens with zero attached hydrogens (tertiary/aromatic N) is 1. The zero-order valence-corrected chi connectivity index (χ0v) is 10.9. The average Bonchev–Trinajstić information content (AvgIpc) is 2.43. The molecule has 94 valence electrons. The quantitative estimate of drug-likeness (QED) is 0.745. The number of benzene rings is 1. The van der Waals surface area contributed by atoms with E-state index in [0.29, 0.717) is 13.1 Å². The fourth-order valence-corrected chi connectivity index (χ4v) is 2.69. The first-order valence-corrected chi connectivity index (χ1v) is 6.58. The second-order valence-electron chi connectivity index (χ2n) is 4.70. The van der Waals surface area contributed by atoms with Gasteiger partial charge in [-0.05, 0) is 37.3 Å². The van der Waals surface area contributed by atoms with Crippen LogP contribution in [0.15, 0.2) is 24.3 Å². The Morgan fingerprint density at radius 1 is 1.50 bits per heavy atom. The Labute approximate surface area is 109 Å². The Morgan fingerprint density at radius 3 is 3.00 bits per heavy atom. The van der Waals surface area contributed by atoms with Crippen LogP contribution in [0.5, 0.6) is 0 Å². The van der Waals surface area contributed by atoms with Crippen LogP contribution in [0.25, 0.3) is 0 Å². The van der Waals surface area contributed by atoms with Crippen LogP contribution in [0.4, 0.5) is 0 Å². The molecule has 1 unspecified atom stereocenters. The molecular weight excluding hydrogens is 222 g/mol. The van der Waals surface area contributed by atoms with Crippen molar-refractivity contribution >= 4 is 5.91 Å². The summed E-state index contributed by atoms with van der Waals surface area (Å²) in [6.45, 7) is 3.07. The molecule has 2 nitrogen and oxygen atoms in total. The lowest BCUT2D eigenvalue weighted by Gasteiger charge is -2.29. The molecular formula is C16H19NO. The smallest absolute Gasteiger partial charge is 0.230 e. The Kier molecular flexibility index (Phi) is 4.04. The number of hydrogen-bond acceptors (Lipinski definition) is 1. The number of hydrogen-bond donors (Lipinski definition) is 0. The van der Waals surface area contributed by atoms with Crippen molar-refractivity contribution in [3.8, 4) is 12.3 Å². The molecule has 0 aromatic heterocycles. The Hall–Kier alpha value is -1.75. The minimum Gasteiger partial charge on any atom is -0.331 e. The maximum absolute atomic E-state index is 12.5. The molecule has 0 aliphatic heterocycles. The van der Waals surface area contributed by atoms with E-state index in [1.807, 2.05) is 19.1 Å². The predicted molar refractivity (Wildman–Crippen MR) is 73.2 cm³/mol. The number of aryl methyl sites for hydroxylation is 1. The van der Waals surface area contributed by atoms with Crippen LogP contribution >= 0.6 is 0 Å². The van der Waals surface area contributed by atoms with Gasteiger partial charge in [0.25, 0.3) is 0 Å². The molecule has 1 aliphatic rings. The second kappa shape index (κ2) is 5.73. The zero-order valence-electron chi connectivity index (χ0n) is 10.9. The first-order valence-electron chi connectivity index (χ1n) is 6.58. The molecule has 0 heterocycles. The first kappa shape index (κ1) is 12.7. The van der Waals surface area contributed by atoms with Crippen molar-refractivity contribution in [2.75, 3.05) is 13.1 Å². The van der Waals surface area contributed by atoms with Gasteiger partial charge in [-0.25, -0.2) is 0 Å². The highest BCUT2D eigenvalue weighted by Gasteiger charge is 2.28. The molecule has 0 radical (unpaired) electrons. The highest BCUT2D eigenvalue weighted by atomic mass is 16.2. The highest BCUT2D eigenvalue weighted by molar-refractivity contribution is 5.84. The summed E-state index contributed by atoms with van der Waals surface area (Å²) >= 11 is 0. The lowest BCUT2D eigenvalue weighted by Crippen LogP contribution is -2.36. The number of likely N-dealkylation sites (N-methyl/N-ethyl adjacent to an activating group) is 1. The fraction of sp³-hybridized carbons (Fsp3) is 0.438. The molecule has 1 aliphatic carbocycles. The average molecular weight is 241 g/mol. The summed E-state index contributed by atoms with van der Waals surface area (Å²) in [7, 11) is 0. The van der Waals surface area contributed by atoms with Gasteiger partial charge in [0.2, 0.25) is 5.91 Å².